The van der Waals surface area contributed by atoms with Crippen LogP contribution in [0.1, 0.15) is 35.6 Å². The largest absolute Gasteiger partial charge is 0.329 e. The molecule has 8 nitrogen and oxygen atoms in total. The second-order valence-electron chi connectivity index (χ2n) is 7.74. The van der Waals surface area contributed by atoms with Crippen LogP contribution in [0.2, 0.25) is 0 Å². The molecule has 2 aromatic rings. The number of halogens is 1. The molecule has 0 saturated heterocycles. The first kappa shape index (κ1) is 21.6. The molecule has 32 heavy (non-hydrogen) atoms. The van der Waals surface area contributed by atoms with Gasteiger partial charge in [0.05, 0.1) is 34.5 Å². The highest BCUT2D eigenvalue weighted by molar-refractivity contribution is 7.90. The van der Waals surface area contributed by atoms with Crippen molar-refractivity contribution in [3.8, 4) is 6.07 Å². The van der Waals surface area contributed by atoms with E-state index in [9.17, 15) is 27.7 Å². The number of alkyl halides is 1. The molecular formula is C22H19FN4O4S. The maximum Gasteiger partial charge on any atom is 0.329 e. The predicted octanol–water partition coefficient (Wildman–Crippen LogP) is 3.06. The van der Waals surface area contributed by atoms with Gasteiger partial charge in [-0.15, -0.1) is 0 Å². The first-order valence-electron chi connectivity index (χ1n) is 9.74. The van der Waals surface area contributed by atoms with Gasteiger partial charge in [0, 0.05) is 42.8 Å². The molecule has 1 aromatic carbocycles. The quantitative estimate of drug-likeness (QED) is 0.702. The molecule has 164 valence electrons. The average Bonchev–Trinajstić information content (AvgIpc) is 3.14. The predicted molar refractivity (Wildman–Crippen MR) is 113 cm³/mol. The third kappa shape index (κ3) is 3.44. The maximum atomic E-state index is 13.4. The number of carbonyl (C=O) groups is 2. The normalized spacial score (nSPS) is 18.8. The van der Waals surface area contributed by atoms with Gasteiger partial charge >= 0.3 is 6.03 Å². The number of amides is 2. The number of ketones is 1. The lowest BCUT2D eigenvalue weighted by atomic mass is 9.92. The van der Waals surface area contributed by atoms with Crippen LogP contribution in [-0.4, -0.2) is 43.4 Å². The number of allylic oxidation sites excluding steroid dienone is 1. The summed E-state index contributed by atoms with van der Waals surface area (Å²) in [4.78, 5) is 32.9. The number of Topliss-reactive ketones (excluding diaryl/α,β-unsaturated/α-hetero) is 1. The Morgan fingerprint density at radius 1 is 1.22 bits per heavy atom. The van der Waals surface area contributed by atoms with Crippen LogP contribution in [0.5, 0.6) is 0 Å². The van der Waals surface area contributed by atoms with E-state index in [4.69, 9.17) is 0 Å². The Labute approximate surface area is 184 Å². The van der Waals surface area contributed by atoms with Crippen molar-refractivity contribution >= 4 is 27.3 Å². The van der Waals surface area contributed by atoms with Crippen LogP contribution in [0.3, 0.4) is 0 Å². The Morgan fingerprint density at radius 3 is 2.62 bits per heavy atom. The second kappa shape index (κ2) is 7.84. The Hall–Kier alpha value is -3.58. The number of nitriles is 1. The highest BCUT2D eigenvalue weighted by Gasteiger charge is 2.45. The summed E-state index contributed by atoms with van der Waals surface area (Å²) in [6.45, 7) is -0.755. The van der Waals surface area contributed by atoms with Gasteiger partial charge in [0.15, 0.2) is 15.6 Å². The van der Waals surface area contributed by atoms with E-state index >= 15 is 0 Å². The van der Waals surface area contributed by atoms with Gasteiger partial charge in [-0.25, -0.2) is 17.6 Å². The van der Waals surface area contributed by atoms with Crippen LogP contribution in [0.15, 0.2) is 52.8 Å². The highest BCUT2D eigenvalue weighted by atomic mass is 32.2. The van der Waals surface area contributed by atoms with Crippen molar-refractivity contribution in [2.24, 2.45) is 0 Å². The molecule has 0 saturated carbocycles. The van der Waals surface area contributed by atoms with Gasteiger partial charge in [-0.05, 0) is 30.2 Å². The topological polar surface area (TPSA) is 111 Å². The van der Waals surface area contributed by atoms with E-state index in [1.54, 1.807) is 0 Å². The molecule has 1 aromatic heterocycles. The summed E-state index contributed by atoms with van der Waals surface area (Å²) in [6.07, 6.45) is 4.24. The minimum atomic E-state index is -3.77. The number of likely N-dealkylation sites (N-methyl/N-ethyl adjacent to an activating group) is 1. The molecule has 1 unspecified atom stereocenters. The number of hydrogen-bond acceptors (Lipinski definition) is 6. The molecule has 2 heterocycles. The van der Waals surface area contributed by atoms with Crippen molar-refractivity contribution in [1.82, 2.24) is 9.88 Å². The van der Waals surface area contributed by atoms with E-state index < -0.39 is 28.6 Å². The number of hydrogen-bond donors (Lipinski definition) is 0. The number of pyridine rings is 1. The zero-order chi connectivity index (χ0) is 23.2. The summed E-state index contributed by atoms with van der Waals surface area (Å²) in [5, 5.41) is 9.21. The van der Waals surface area contributed by atoms with Crippen LogP contribution in [0.25, 0.3) is 0 Å². The van der Waals surface area contributed by atoms with E-state index in [0.29, 0.717) is 17.0 Å². The lowest BCUT2D eigenvalue weighted by molar-refractivity contribution is -0.115. The van der Waals surface area contributed by atoms with E-state index in [0.717, 1.165) is 6.26 Å². The van der Waals surface area contributed by atoms with Gasteiger partial charge < -0.3 is 4.90 Å². The van der Waals surface area contributed by atoms with Crippen molar-refractivity contribution in [3.05, 3.63) is 64.6 Å². The Bertz CT molecular complexity index is 1330. The Kier molecular flexibility index (Phi) is 5.30. The van der Waals surface area contributed by atoms with E-state index in [1.165, 1.54) is 53.5 Å². The molecule has 1 aliphatic heterocycles. The molecule has 4 rings (SSSR count). The molecule has 0 spiro atoms. The van der Waals surface area contributed by atoms with Gasteiger partial charge in [-0.2, -0.15) is 5.26 Å². The van der Waals surface area contributed by atoms with Gasteiger partial charge in [-0.1, -0.05) is 6.07 Å². The number of nitrogens with zero attached hydrogens (tertiary/aromatic N) is 4. The monoisotopic (exact) mass is 454 g/mol. The van der Waals surface area contributed by atoms with Crippen LogP contribution < -0.4 is 4.90 Å². The fourth-order valence-electron chi connectivity index (χ4n) is 4.23. The molecule has 0 radical (unpaired) electrons. The van der Waals surface area contributed by atoms with Crippen LogP contribution in [0.4, 0.5) is 14.9 Å². The zero-order valence-electron chi connectivity index (χ0n) is 17.4. The Balaban J connectivity index is 1.95. The second-order valence-corrected chi connectivity index (χ2v) is 9.72. The maximum absolute atomic E-state index is 13.4. The van der Waals surface area contributed by atoms with Crippen molar-refractivity contribution in [2.45, 2.75) is 30.5 Å². The molecule has 1 aliphatic carbocycles. The molecule has 1 atom stereocenters. The number of benzene rings is 1. The van der Waals surface area contributed by atoms with Crippen LogP contribution in [0, 0.1) is 11.3 Å². The third-order valence-corrected chi connectivity index (χ3v) is 6.81. The summed E-state index contributed by atoms with van der Waals surface area (Å²) >= 11 is 0. The molecule has 2 aliphatic rings. The van der Waals surface area contributed by atoms with E-state index in [-0.39, 0.29) is 40.2 Å². The molecule has 0 N–H and O–H groups in total. The fraction of sp³-hybridized carbons (Fsp3) is 0.273. The van der Waals surface area contributed by atoms with E-state index in [2.05, 4.69) is 4.98 Å². The standard InChI is InChI=1S/C22H19FN4O4S/c1-26-21(16-4-3-13(10-24)8-19(16)32(2,30)31)20-17(5-6-18(20)28)27(22(26)29)15-7-14(9-23)11-25-12-15/h3-4,7-8,11-12,21H,5-6,9H2,1-2H3. The molecule has 0 bridgehead atoms. The number of aromatic nitrogens is 1. The molecular weight excluding hydrogens is 435 g/mol. The van der Waals surface area contributed by atoms with Crippen LogP contribution in [-0.2, 0) is 21.3 Å². The number of anilines is 1. The summed E-state index contributed by atoms with van der Waals surface area (Å²) in [6, 6.07) is 6.17. The fourth-order valence-corrected chi connectivity index (χ4v) is 5.18. The summed E-state index contributed by atoms with van der Waals surface area (Å²) in [5.74, 6) is -0.201. The van der Waals surface area contributed by atoms with Crippen molar-refractivity contribution < 1.29 is 22.4 Å². The van der Waals surface area contributed by atoms with Gasteiger partial charge in [0.1, 0.15) is 6.67 Å². The minimum Gasteiger partial charge on any atom is -0.316 e. The smallest absolute Gasteiger partial charge is 0.316 e. The number of rotatable bonds is 4. The lowest BCUT2D eigenvalue weighted by Gasteiger charge is -2.40. The zero-order valence-corrected chi connectivity index (χ0v) is 18.2. The average molecular weight is 454 g/mol. The van der Waals surface area contributed by atoms with Crippen LogP contribution >= 0.6 is 0 Å². The summed E-state index contributed by atoms with van der Waals surface area (Å²) in [7, 11) is -2.29. The van der Waals surface area contributed by atoms with Gasteiger partial charge in [-0.3, -0.25) is 14.7 Å². The Morgan fingerprint density at radius 2 is 1.97 bits per heavy atom. The van der Waals surface area contributed by atoms with Crippen molar-refractivity contribution in [2.75, 3.05) is 18.2 Å². The molecule has 10 heteroatoms. The van der Waals surface area contributed by atoms with Crippen molar-refractivity contribution in [3.63, 3.8) is 0 Å². The number of urea groups is 1. The number of sulfone groups is 1. The summed E-state index contributed by atoms with van der Waals surface area (Å²) < 4.78 is 38.2. The first-order valence-corrected chi connectivity index (χ1v) is 11.6. The van der Waals surface area contributed by atoms with Gasteiger partial charge in [0.2, 0.25) is 0 Å². The number of carbonyl (C=O) groups excluding carboxylic acids is 2. The SMILES string of the molecule is CN1C(=O)N(c2cncc(CF)c2)C2=C(C(=O)CC2)C1c1ccc(C#N)cc1S(C)(=O)=O. The van der Waals surface area contributed by atoms with E-state index in [1.807, 2.05) is 6.07 Å². The third-order valence-electron chi connectivity index (χ3n) is 5.65. The first-order chi connectivity index (χ1) is 15.2. The highest BCUT2D eigenvalue weighted by Crippen LogP contribution is 2.45. The minimum absolute atomic E-state index is 0.109. The molecule has 2 amide bonds. The lowest BCUT2D eigenvalue weighted by Crippen LogP contribution is -2.48. The van der Waals surface area contributed by atoms with Gasteiger partial charge in [0.25, 0.3) is 0 Å². The summed E-state index contributed by atoms with van der Waals surface area (Å²) in [5.41, 5.74) is 1.79. The molecule has 0 fully saturated rings. The van der Waals surface area contributed by atoms with Crippen molar-refractivity contribution in [1.29, 1.82) is 5.26 Å².